The molecule has 2 atom stereocenters. The molecule has 2 amide bonds. The minimum absolute atomic E-state index is 0.0671. The summed E-state index contributed by atoms with van der Waals surface area (Å²) in [4.78, 5) is 31.4. The fraction of sp³-hybridized carbons (Fsp3) is 0.333. The standard InChI is InChI=1S/C30H31ClFN3O2/c1-20-9-7-13-25(32)27(20)30(37)35-18-8-12-23(28(35)21-10-3-2-4-11-21)29(36)33-22-14-15-24(31)26(19-22)34-16-5-6-17-34/h2-4,7,9-11,13-15,19,23,28H,5-6,8,12,16-18H2,1H3,(H,33,36). The second-order valence-electron chi connectivity index (χ2n) is 9.88. The van der Waals surface area contributed by atoms with Crippen molar-refractivity contribution in [2.75, 3.05) is 29.9 Å². The van der Waals surface area contributed by atoms with Gasteiger partial charge in [-0.3, -0.25) is 9.59 Å². The van der Waals surface area contributed by atoms with Crippen molar-refractivity contribution in [3.05, 3.63) is 94.3 Å². The summed E-state index contributed by atoms with van der Waals surface area (Å²) in [6.07, 6.45) is 3.52. The molecule has 0 aliphatic carbocycles. The maximum absolute atomic E-state index is 14.8. The number of carbonyl (C=O) groups is 2. The molecule has 3 aromatic rings. The Balaban J connectivity index is 1.46. The number of rotatable bonds is 5. The van der Waals surface area contributed by atoms with Crippen LogP contribution in [-0.4, -0.2) is 36.3 Å². The fourth-order valence-corrected chi connectivity index (χ4v) is 5.87. The van der Waals surface area contributed by atoms with Gasteiger partial charge in [0.1, 0.15) is 5.82 Å². The summed E-state index contributed by atoms with van der Waals surface area (Å²) >= 11 is 6.47. The van der Waals surface area contributed by atoms with Crippen molar-refractivity contribution in [3.8, 4) is 0 Å². The fourth-order valence-electron chi connectivity index (χ4n) is 5.63. The Morgan fingerprint density at radius 1 is 0.946 bits per heavy atom. The summed E-state index contributed by atoms with van der Waals surface area (Å²) in [6.45, 7) is 4.08. The van der Waals surface area contributed by atoms with Gasteiger partial charge in [-0.05, 0) is 68.0 Å². The van der Waals surface area contributed by atoms with E-state index in [4.69, 9.17) is 11.6 Å². The van der Waals surface area contributed by atoms with Crippen molar-refractivity contribution in [1.29, 1.82) is 0 Å². The second-order valence-corrected chi connectivity index (χ2v) is 10.3. The zero-order valence-electron chi connectivity index (χ0n) is 20.9. The lowest BCUT2D eigenvalue weighted by Gasteiger charge is -2.41. The first kappa shape index (κ1) is 25.3. The number of likely N-dealkylation sites (tertiary alicyclic amines) is 1. The summed E-state index contributed by atoms with van der Waals surface area (Å²) in [5.74, 6) is -1.58. The summed E-state index contributed by atoms with van der Waals surface area (Å²) < 4.78 is 14.8. The first-order valence-electron chi connectivity index (χ1n) is 12.9. The number of nitrogens with one attached hydrogen (secondary N) is 1. The molecule has 3 aromatic carbocycles. The van der Waals surface area contributed by atoms with Crippen LogP contribution in [0.1, 0.15) is 53.2 Å². The molecule has 0 aromatic heterocycles. The Kier molecular flexibility index (Phi) is 7.47. The number of nitrogens with zero attached hydrogens (tertiary/aromatic N) is 2. The normalized spacial score (nSPS) is 19.6. The maximum atomic E-state index is 14.8. The van der Waals surface area contributed by atoms with Crippen molar-refractivity contribution in [2.24, 2.45) is 5.92 Å². The number of benzene rings is 3. The van der Waals surface area contributed by atoms with Crippen LogP contribution in [0.2, 0.25) is 5.02 Å². The molecule has 0 spiro atoms. The number of carbonyl (C=O) groups excluding carboxylic acids is 2. The van der Waals surface area contributed by atoms with Gasteiger partial charge in [-0.25, -0.2) is 4.39 Å². The summed E-state index contributed by atoms with van der Waals surface area (Å²) in [7, 11) is 0. The first-order chi connectivity index (χ1) is 17.9. The molecule has 2 aliphatic rings. The molecule has 0 saturated carbocycles. The first-order valence-corrected chi connectivity index (χ1v) is 13.3. The van der Waals surface area contributed by atoms with E-state index in [1.165, 1.54) is 6.07 Å². The highest BCUT2D eigenvalue weighted by Crippen LogP contribution is 2.39. The Morgan fingerprint density at radius 2 is 1.70 bits per heavy atom. The molecule has 0 radical (unpaired) electrons. The Morgan fingerprint density at radius 3 is 2.43 bits per heavy atom. The van der Waals surface area contributed by atoms with Gasteiger partial charge in [0.2, 0.25) is 5.91 Å². The van der Waals surface area contributed by atoms with Gasteiger partial charge >= 0.3 is 0 Å². The Hall–Kier alpha value is -3.38. The van der Waals surface area contributed by atoms with Gasteiger partial charge in [0.05, 0.1) is 28.2 Å². The quantitative estimate of drug-likeness (QED) is 0.412. The van der Waals surface area contributed by atoms with Crippen molar-refractivity contribution in [3.63, 3.8) is 0 Å². The molecule has 192 valence electrons. The highest BCUT2D eigenvalue weighted by Gasteiger charge is 2.40. The van der Waals surface area contributed by atoms with E-state index in [9.17, 15) is 14.0 Å². The second kappa shape index (κ2) is 10.9. The van der Waals surface area contributed by atoms with E-state index >= 15 is 0 Å². The molecule has 5 rings (SSSR count). The van der Waals surface area contributed by atoms with E-state index in [1.54, 1.807) is 24.0 Å². The molecule has 5 nitrogen and oxygen atoms in total. The van der Waals surface area contributed by atoms with Crippen molar-refractivity contribution in [2.45, 2.75) is 38.6 Å². The zero-order chi connectivity index (χ0) is 25.9. The van der Waals surface area contributed by atoms with E-state index in [2.05, 4.69) is 10.2 Å². The van der Waals surface area contributed by atoms with E-state index in [1.807, 2.05) is 48.5 Å². The van der Waals surface area contributed by atoms with Gasteiger partial charge in [-0.2, -0.15) is 0 Å². The number of hydrogen-bond donors (Lipinski definition) is 1. The lowest BCUT2D eigenvalue weighted by Crippen LogP contribution is -2.46. The molecule has 7 heteroatoms. The molecule has 2 unspecified atom stereocenters. The van der Waals surface area contributed by atoms with Gasteiger partial charge in [0.25, 0.3) is 5.91 Å². The lowest BCUT2D eigenvalue weighted by molar-refractivity contribution is -0.123. The third-order valence-corrected chi connectivity index (χ3v) is 7.79. The summed E-state index contributed by atoms with van der Waals surface area (Å²) in [6, 6.07) is 19.3. The Bertz CT molecular complexity index is 1270. The van der Waals surface area contributed by atoms with Gasteiger partial charge in [0, 0.05) is 25.3 Å². The van der Waals surface area contributed by atoms with E-state index in [-0.39, 0.29) is 17.4 Å². The van der Waals surface area contributed by atoms with Gasteiger partial charge in [-0.15, -0.1) is 0 Å². The van der Waals surface area contributed by atoms with Crippen LogP contribution < -0.4 is 10.2 Å². The summed E-state index contributed by atoms with van der Waals surface area (Å²) in [5, 5.41) is 3.75. The van der Waals surface area contributed by atoms with Crippen LogP contribution in [0.3, 0.4) is 0 Å². The molecule has 2 heterocycles. The predicted molar refractivity (Wildman–Crippen MR) is 146 cm³/mol. The van der Waals surface area contributed by atoms with Crippen LogP contribution in [0.4, 0.5) is 15.8 Å². The zero-order valence-corrected chi connectivity index (χ0v) is 21.7. The van der Waals surface area contributed by atoms with Crippen LogP contribution in [-0.2, 0) is 4.79 Å². The number of aryl methyl sites for hydroxylation is 1. The molecular weight excluding hydrogens is 489 g/mol. The average molecular weight is 520 g/mol. The topological polar surface area (TPSA) is 52.7 Å². The smallest absolute Gasteiger partial charge is 0.257 e. The van der Waals surface area contributed by atoms with Crippen LogP contribution in [0, 0.1) is 18.7 Å². The lowest BCUT2D eigenvalue weighted by atomic mass is 9.83. The van der Waals surface area contributed by atoms with Gasteiger partial charge < -0.3 is 15.1 Å². The maximum Gasteiger partial charge on any atom is 0.257 e. The third kappa shape index (κ3) is 5.21. The van der Waals surface area contributed by atoms with Crippen molar-refractivity contribution >= 4 is 34.8 Å². The van der Waals surface area contributed by atoms with Crippen molar-refractivity contribution < 1.29 is 14.0 Å². The highest BCUT2D eigenvalue weighted by atomic mass is 35.5. The van der Waals surface area contributed by atoms with E-state index in [0.29, 0.717) is 35.7 Å². The number of anilines is 2. The molecule has 2 fully saturated rings. The van der Waals surface area contributed by atoms with E-state index < -0.39 is 17.8 Å². The number of halogens is 2. The molecule has 0 bridgehead atoms. The number of amides is 2. The molecule has 37 heavy (non-hydrogen) atoms. The van der Waals surface area contributed by atoms with Crippen molar-refractivity contribution in [1.82, 2.24) is 4.90 Å². The van der Waals surface area contributed by atoms with Gasteiger partial charge in [0.15, 0.2) is 0 Å². The van der Waals surface area contributed by atoms with Crippen LogP contribution >= 0.6 is 11.6 Å². The minimum atomic E-state index is -0.543. The van der Waals surface area contributed by atoms with Crippen LogP contribution in [0.15, 0.2) is 66.7 Å². The number of piperidine rings is 1. The monoisotopic (exact) mass is 519 g/mol. The molecule has 2 saturated heterocycles. The predicted octanol–water partition coefficient (Wildman–Crippen LogP) is 6.62. The molecule has 1 N–H and O–H groups in total. The largest absolute Gasteiger partial charge is 0.370 e. The third-order valence-electron chi connectivity index (χ3n) is 7.47. The van der Waals surface area contributed by atoms with Crippen LogP contribution in [0.25, 0.3) is 0 Å². The molecular formula is C30H31ClFN3O2. The van der Waals surface area contributed by atoms with Gasteiger partial charge in [-0.1, -0.05) is 54.1 Å². The summed E-state index contributed by atoms with van der Waals surface area (Å²) in [5.41, 5.74) is 3.11. The highest BCUT2D eigenvalue weighted by molar-refractivity contribution is 6.33. The molecule has 2 aliphatic heterocycles. The SMILES string of the molecule is Cc1cccc(F)c1C(=O)N1CCCC(C(=O)Nc2ccc(Cl)c(N3CCCC3)c2)C1c1ccccc1. The number of hydrogen-bond acceptors (Lipinski definition) is 3. The van der Waals surface area contributed by atoms with E-state index in [0.717, 1.165) is 37.2 Å². The average Bonchev–Trinajstić information content (AvgIpc) is 3.44. The Labute approximate surface area is 222 Å². The van der Waals surface area contributed by atoms with Crippen LogP contribution in [0.5, 0.6) is 0 Å². The minimum Gasteiger partial charge on any atom is -0.370 e.